The van der Waals surface area contributed by atoms with E-state index < -0.39 is 0 Å². The Kier molecular flexibility index (Phi) is 6.80. The maximum atomic E-state index is 2.30. The van der Waals surface area contributed by atoms with Crippen molar-refractivity contribution < 1.29 is 0 Å². The van der Waals surface area contributed by atoms with Crippen molar-refractivity contribution in [3.05, 3.63) is 148 Å². The summed E-state index contributed by atoms with van der Waals surface area (Å²) in [5.41, 5.74) is 8.19. The highest BCUT2D eigenvalue weighted by molar-refractivity contribution is 7.08. The third-order valence-electron chi connectivity index (χ3n) is 5.61. The van der Waals surface area contributed by atoms with Gasteiger partial charge < -0.3 is 4.90 Å². The third-order valence-corrected chi connectivity index (χ3v) is 6.31. The van der Waals surface area contributed by atoms with Gasteiger partial charge in [0.25, 0.3) is 0 Å². The molecule has 0 fully saturated rings. The summed E-state index contributed by atoms with van der Waals surface area (Å²) >= 11 is 1.72. The molecule has 4 aromatic carbocycles. The van der Waals surface area contributed by atoms with E-state index in [0.717, 1.165) is 22.6 Å². The number of rotatable bonds is 7. The Bertz CT molecular complexity index is 1330. The molecule has 0 saturated heterocycles. The Morgan fingerprint density at radius 1 is 0.471 bits per heavy atom. The number of para-hydroxylation sites is 3. The number of hydrogen-bond acceptors (Lipinski definition) is 2. The van der Waals surface area contributed by atoms with Crippen molar-refractivity contribution >= 4 is 52.7 Å². The highest BCUT2D eigenvalue weighted by Crippen LogP contribution is 2.36. The zero-order chi connectivity index (χ0) is 23.0. The molecule has 0 aliphatic rings. The molecule has 0 aliphatic heterocycles. The Morgan fingerprint density at radius 2 is 1.00 bits per heavy atom. The summed E-state index contributed by atoms with van der Waals surface area (Å²) in [6.07, 6.45) is 8.69. The quantitative estimate of drug-likeness (QED) is 0.221. The van der Waals surface area contributed by atoms with E-state index in [9.17, 15) is 0 Å². The zero-order valence-electron chi connectivity index (χ0n) is 18.8. The number of nitrogens with zero attached hydrogens (tertiary/aromatic N) is 1. The molecule has 0 unspecified atom stereocenters. The van der Waals surface area contributed by atoms with Gasteiger partial charge in [0.2, 0.25) is 0 Å². The van der Waals surface area contributed by atoms with Crippen LogP contribution in [0.1, 0.15) is 22.3 Å². The molecule has 0 radical (unpaired) electrons. The maximum Gasteiger partial charge on any atom is 0.0533 e. The molecule has 1 heterocycles. The standard InChI is InChI=1S/C32H25NS/c1-3-10-30(11-4-1)33(31-12-5-2-6-13-31)32-14-8-7-9-29(32)22-21-27-17-15-26(16-18-27)19-20-28-23-24-34-25-28/h1-25H/b20-19+,22-21+. The maximum absolute atomic E-state index is 2.30. The minimum atomic E-state index is 1.14. The lowest BCUT2D eigenvalue weighted by Crippen LogP contribution is -2.10. The molecule has 5 rings (SSSR count). The van der Waals surface area contributed by atoms with Crippen LogP contribution in [-0.2, 0) is 0 Å². The van der Waals surface area contributed by atoms with E-state index in [1.165, 1.54) is 16.7 Å². The number of benzene rings is 4. The van der Waals surface area contributed by atoms with Crippen LogP contribution in [0, 0.1) is 0 Å². The Balaban J connectivity index is 1.43. The second kappa shape index (κ2) is 10.7. The summed E-state index contributed by atoms with van der Waals surface area (Å²) < 4.78 is 0. The van der Waals surface area contributed by atoms with E-state index >= 15 is 0 Å². The first-order valence-electron chi connectivity index (χ1n) is 11.3. The molecule has 164 valence electrons. The van der Waals surface area contributed by atoms with Gasteiger partial charge in [-0.2, -0.15) is 11.3 Å². The van der Waals surface area contributed by atoms with E-state index in [4.69, 9.17) is 0 Å². The number of thiophene rings is 1. The van der Waals surface area contributed by atoms with Gasteiger partial charge in [-0.15, -0.1) is 0 Å². The number of anilines is 3. The Labute approximate surface area is 205 Å². The fourth-order valence-corrected chi connectivity index (χ4v) is 4.51. The van der Waals surface area contributed by atoms with Crippen molar-refractivity contribution in [2.75, 3.05) is 4.90 Å². The van der Waals surface area contributed by atoms with E-state index in [1.54, 1.807) is 11.3 Å². The van der Waals surface area contributed by atoms with Crippen LogP contribution in [0.4, 0.5) is 17.1 Å². The first-order chi connectivity index (χ1) is 16.9. The van der Waals surface area contributed by atoms with Crippen LogP contribution in [-0.4, -0.2) is 0 Å². The van der Waals surface area contributed by atoms with Crippen molar-refractivity contribution in [3.8, 4) is 0 Å². The second-order valence-corrected chi connectivity index (χ2v) is 8.74. The van der Waals surface area contributed by atoms with Gasteiger partial charge in [-0.25, -0.2) is 0 Å². The summed E-state index contributed by atoms with van der Waals surface area (Å²) in [6, 6.07) is 40.3. The van der Waals surface area contributed by atoms with Crippen molar-refractivity contribution in [3.63, 3.8) is 0 Å². The zero-order valence-corrected chi connectivity index (χ0v) is 19.6. The lowest BCUT2D eigenvalue weighted by Gasteiger charge is -2.27. The molecule has 0 N–H and O–H groups in total. The molecular formula is C32H25NS. The topological polar surface area (TPSA) is 3.24 Å². The molecule has 0 saturated carbocycles. The van der Waals surface area contributed by atoms with Gasteiger partial charge in [0, 0.05) is 11.4 Å². The van der Waals surface area contributed by atoms with Crippen LogP contribution in [0.25, 0.3) is 24.3 Å². The summed E-state index contributed by atoms with van der Waals surface area (Å²) in [4.78, 5) is 2.30. The fourth-order valence-electron chi connectivity index (χ4n) is 3.88. The second-order valence-electron chi connectivity index (χ2n) is 7.96. The minimum Gasteiger partial charge on any atom is -0.310 e. The SMILES string of the molecule is C(=C\c1ccsc1)/c1ccc(/C=C/c2ccccc2N(c2ccccc2)c2ccccc2)cc1. The van der Waals surface area contributed by atoms with Crippen LogP contribution >= 0.6 is 11.3 Å². The molecular weight excluding hydrogens is 430 g/mol. The highest BCUT2D eigenvalue weighted by Gasteiger charge is 2.14. The van der Waals surface area contributed by atoms with E-state index in [0.29, 0.717) is 0 Å². The van der Waals surface area contributed by atoms with E-state index in [2.05, 4.69) is 155 Å². The van der Waals surface area contributed by atoms with Gasteiger partial charge in [0.15, 0.2) is 0 Å². The summed E-state index contributed by atoms with van der Waals surface area (Å²) in [7, 11) is 0. The predicted molar refractivity (Wildman–Crippen MR) is 150 cm³/mol. The molecule has 1 nitrogen and oxygen atoms in total. The van der Waals surface area contributed by atoms with Gasteiger partial charge in [-0.05, 0) is 69.4 Å². The van der Waals surface area contributed by atoms with Gasteiger partial charge >= 0.3 is 0 Å². The van der Waals surface area contributed by atoms with Crippen molar-refractivity contribution in [2.24, 2.45) is 0 Å². The first-order valence-corrected chi connectivity index (χ1v) is 12.3. The summed E-state index contributed by atoms with van der Waals surface area (Å²) in [5.74, 6) is 0. The smallest absolute Gasteiger partial charge is 0.0533 e. The van der Waals surface area contributed by atoms with Crippen molar-refractivity contribution in [1.82, 2.24) is 0 Å². The summed E-state index contributed by atoms with van der Waals surface area (Å²) in [5, 5.41) is 4.25. The molecule has 1 aromatic heterocycles. The Hall–Kier alpha value is -4.14. The van der Waals surface area contributed by atoms with Crippen LogP contribution in [0.5, 0.6) is 0 Å². The van der Waals surface area contributed by atoms with Gasteiger partial charge in [-0.3, -0.25) is 0 Å². The van der Waals surface area contributed by atoms with Crippen LogP contribution < -0.4 is 4.90 Å². The fraction of sp³-hybridized carbons (Fsp3) is 0. The van der Waals surface area contributed by atoms with Crippen LogP contribution in [0.2, 0.25) is 0 Å². The monoisotopic (exact) mass is 455 g/mol. The normalized spacial score (nSPS) is 11.3. The lowest BCUT2D eigenvalue weighted by atomic mass is 10.1. The molecule has 0 spiro atoms. The predicted octanol–water partition coefficient (Wildman–Crippen LogP) is 9.56. The molecule has 2 heteroatoms. The Morgan fingerprint density at radius 3 is 1.59 bits per heavy atom. The lowest BCUT2D eigenvalue weighted by molar-refractivity contribution is 1.28. The minimum absolute atomic E-state index is 1.14. The number of hydrogen-bond donors (Lipinski definition) is 0. The van der Waals surface area contributed by atoms with E-state index in [-0.39, 0.29) is 0 Å². The average molecular weight is 456 g/mol. The third kappa shape index (κ3) is 5.25. The van der Waals surface area contributed by atoms with Crippen molar-refractivity contribution in [2.45, 2.75) is 0 Å². The highest BCUT2D eigenvalue weighted by atomic mass is 32.1. The summed E-state index contributed by atoms with van der Waals surface area (Å²) in [6.45, 7) is 0. The average Bonchev–Trinajstić information content (AvgIpc) is 3.43. The molecule has 0 aliphatic carbocycles. The van der Waals surface area contributed by atoms with Crippen LogP contribution in [0.15, 0.2) is 126 Å². The van der Waals surface area contributed by atoms with Gasteiger partial charge in [-0.1, -0.05) is 103 Å². The van der Waals surface area contributed by atoms with E-state index in [1.807, 2.05) is 0 Å². The molecule has 34 heavy (non-hydrogen) atoms. The molecule has 0 atom stereocenters. The van der Waals surface area contributed by atoms with Crippen LogP contribution in [0.3, 0.4) is 0 Å². The first kappa shape index (κ1) is 21.7. The van der Waals surface area contributed by atoms with Crippen molar-refractivity contribution in [1.29, 1.82) is 0 Å². The van der Waals surface area contributed by atoms with Gasteiger partial charge in [0.05, 0.1) is 5.69 Å². The molecule has 0 bridgehead atoms. The molecule has 0 amide bonds. The largest absolute Gasteiger partial charge is 0.310 e. The molecule has 5 aromatic rings. The van der Waals surface area contributed by atoms with Gasteiger partial charge in [0.1, 0.15) is 0 Å².